The summed E-state index contributed by atoms with van der Waals surface area (Å²) in [5.74, 6) is 0.941. The van der Waals surface area contributed by atoms with Gasteiger partial charge in [0.1, 0.15) is 0 Å². The lowest BCUT2D eigenvalue weighted by Crippen LogP contribution is -2.53. The molecule has 3 rings (SSSR count). The highest BCUT2D eigenvalue weighted by molar-refractivity contribution is 14.0. The molecule has 1 unspecified atom stereocenters. The first-order valence-electron chi connectivity index (χ1n) is 11.1. The number of nitrogens with zero attached hydrogens (tertiary/aromatic N) is 3. The number of rotatable bonds is 6. The Bertz CT molecular complexity index is 658. The number of hydrogen-bond acceptors (Lipinski definition) is 4. The Morgan fingerprint density at radius 1 is 1.23 bits per heavy atom. The van der Waals surface area contributed by atoms with Gasteiger partial charge in [0.15, 0.2) is 5.96 Å². The molecule has 170 valence electrons. The van der Waals surface area contributed by atoms with Crippen molar-refractivity contribution >= 4 is 35.6 Å². The van der Waals surface area contributed by atoms with E-state index in [2.05, 4.69) is 72.6 Å². The summed E-state index contributed by atoms with van der Waals surface area (Å²) in [5, 5.41) is 7.17. The topological polar surface area (TPSA) is 52.1 Å². The smallest absolute Gasteiger partial charge is 0.191 e. The zero-order chi connectivity index (χ0) is 20.7. The van der Waals surface area contributed by atoms with E-state index in [0.29, 0.717) is 6.04 Å². The molecule has 2 aliphatic rings. The Labute approximate surface area is 199 Å². The number of anilines is 1. The highest BCUT2D eigenvalue weighted by Crippen LogP contribution is 2.26. The molecule has 1 aromatic rings. The summed E-state index contributed by atoms with van der Waals surface area (Å²) in [6.07, 6.45) is 4.45. The second kappa shape index (κ2) is 12.1. The number of likely N-dealkylation sites (N-methyl/N-ethyl adjacent to an activating group) is 1. The van der Waals surface area contributed by atoms with Gasteiger partial charge in [-0.3, -0.25) is 4.99 Å². The van der Waals surface area contributed by atoms with Gasteiger partial charge < -0.3 is 25.2 Å². The largest absolute Gasteiger partial charge is 0.381 e. The normalized spacial score (nSPS) is 21.8. The van der Waals surface area contributed by atoms with Gasteiger partial charge in [0.2, 0.25) is 0 Å². The van der Waals surface area contributed by atoms with Gasteiger partial charge in [0, 0.05) is 50.1 Å². The van der Waals surface area contributed by atoms with Crippen molar-refractivity contribution in [1.29, 1.82) is 0 Å². The molecule has 7 heteroatoms. The number of aliphatic imine (C=N–C) groups is 1. The predicted octanol–water partition coefficient (Wildman–Crippen LogP) is 3.25. The number of aryl methyl sites for hydroxylation is 1. The molecule has 2 aliphatic heterocycles. The van der Waals surface area contributed by atoms with Crippen LogP contribution in [0.2, 0.25) is 0 Å². The van der Waals surface area contributed by atoms with Crippen molar-refractivity contribution in [2.75, 3.05) is 58.4 Å². The van der Waals surface area contributed by atoms with E-state index < -0.39 is 0 Å². The number of nitrogens with one attached hydrogen (secondary N) is 2. The van der Waals surface area contributed by atoms with E-state index in [4.69, 9.17) is 9.73 Å². The molecule has 0 aliphatic carbocycles. The summed E-state index contributed by atoms with van der Waals surface area (Å²) >= 11 is 0. The predicted molar refractivity (Wildman–Crippen MR) is 137 cm³/mol. The molecule has 2 saturated heterocycles. The van der Waals surface area contributed by atoms with E-state index in [1.165, 1.54) is 24.1 Å². The summed E-state index contributed by atoms with van der Waals surface area (Å²) < 4.78 is 5.60. The summed E-state index contributed by atoms with van der Waals surface area (Å²) in [4.78, 5) is 9.84. The van der Waals surface area contributed by atoms with Crippen LogP contribution in [0, 0.1) is 6.92 Å². The van der Waals surface area contributed by atoms with Crippen LogP contribution < -0.4 is 15.5 Å². The molecule has 2 N–H and O–H groups in total. The highest BCUT2D eigenvalue weighted by atomic mass is 127. The van der Waals surface area contributed by atoms with Crippen molar-refractivity contribution in [3.63, 3.8) is 0 Å². The van der Waals surface area contributed by atoms with E-state index in [0.717, 1.165) is 58.2 Å². The summed E-state index contributed by atoms with van der Waals surface area (Å²) in [6.45, 7) is 9.73. The molecule has 0 radical (unpaired) electrons. The van der Waals surface area contributed by atoms with Crippen LogP contribution in [0.1, 0.15) is 38.2 Å². The zero-order valence-corrected chi connectivity index (χ0v) is 21.4. The van der Waals surface area contributed by atoms with E-state index in [9.17, 15) is 0 Å². The second-order valence-electron chi connectivity index (χ2n) is 8.69. The van der Waals surface area contributed by atoms with Crippen LogP contribution in [0.25, 0.3) is 0 Å². The SMILES string of the molecule is CCNC(=NCC1(N(C)C)CCOCC1)NC1CCCN(c2ccc(C)cc2)C1.I. The quantitative estimate of drug-likeness (QED) is 0.337. The number of benzene rings is 1. The van der Waals surface area contributed by atoms with Crippen LogP contribution in [0.3, 0.4) is 0 Å². The Hall–Kier alpha value is -1.06. The fourth-order valence-corrected chi connectivity index (χ4v) is 4.32. The molecule has 30 heavy (non-hydrogen) atoms. The summed E-state index contributed by atoms with van der Waals surface area (Å²) in [6, 6.07) is 9.29. The van der Waals surface area contributed by atoms with Crippen LogP contribution in [-0.2, 0) is 4.74 Å². The van der Waals surface area contributed by atoms with Crippen molar-refractivity contribution in [3.8, 4) is 0 Å². The molecular formula is C23H40IN5O. The maximum atomic E-state index is 5.60. The molecular weight excluding hydrogens is 489 g/mol. The fourth-order valence-electron chi connectivity index (χ4n) is 4.32. The first-order valence-corrected chi connectivity index (χ1v) is 11.1. The first-order chi connectivity index (χ1) is 14.0. The Kier molecular flexibility index (Phi) is 10.2. The van der Waals surface area contributed by atoms with Gasteiger partial charge in [0.05, 0.1) is 6.54 Å². The van der Waals surface area contributed by atoms with Crippen LogP contribution in [0.4, 0.5) is 5.69 Å². The summed E-state index contributed by atoms with van der Waals surface area (Å²) in [5.41, 5.74) is 2.73. The average molecular weight is 530 g/mol. The third kappa shape index (κ3) is 6.72. The number of ether oxygens (including phenoxy) is 1. The van der Waals surface area contributed by atoms with Crippen LogP contribution in [0.5, 0.6) is 0 Å². The van der Waals surface area contributed by atoms with Gasteiger partial charge in [-0.2, -0.15) is 0 Å². The lowest BCUT2D eigenvalue weighted by molar-refractivity contribution is -0.00255. The van der Waals surface area contributed by atoms with Crippen molar-refractivity contribution < 1.29 is 4.74 Å². The van der Waals surface area contributed by atoms with Gasteiger partial charge in [-0.25, -0.2) is 0 Å². The fraction of sp³-hybridized carbons (Fsp3) is 0.696. The molecule has 0 aromatic heterocycles. The minimum atomic E-state index is 0. The third-order valence-corrected chi connectivity index (χ3v) is 6.41. The monoisotopic (exact) mass is 529 g/mol. The summed E-state index contributed by atoms with van der Waals surface area (Å²) in [7, 11) is 4.34. The maximum Gasteiger partial charge on any atom is 0.191 e. The molecule has 0 bridgehead atoms. The van der Waals surface area contributed by atoms with Gasteiger partial charge >= 0.3 is 0 Å². The lowest BCUT2D eigenvalue weighted by atomic mass is 9.89. The van der Waals surface area contributed by atoms with Crippen LogP contribution in [0.15, 0.2) is 29.3 Å². The van der Waals surface area contributed by atoms with Gasteiger partial charge in [-0.15, -0.1) is 24.0 Å². The van der Waals surface area contributed by atoms with Gasteiger partial charge in [0.25, 0.3) is 0 Å². The van der Waals surface area contributed by atoms with Crippen LogP contribution in [-0.4, -0.2) is 75.9 Å². The lowest BCUT2D eigenvalue weighted by Gasteiger charge is -2.42. The van der Waals surface area contributed by atoms with E-state index in [1.807, 2.05) is 0 Å². The molecule has 2 heterocycles. The molecule has 0 saturated carbocycles. The number of guanidine groups is 1. The minimum absolute atomic E-state index is 0. The first kappa shape index (κ1) is 25.2. The minimum Gasteiger partial charge on any atom is -0.381 e. The molecule has 0 amide bonds. The Balaban J connectivity index is 0.00000320. The van der Waals surface area contributed by atoms with Crippen molar-refractivity contribution in [3.05, 3.63) is 29.8 Å². The Morgan fingerprint density at radius 3 is 2.57 bits per heavy atom. The zero-order valence-electron chi connectivity index (χ0n) is 19.1. The van der Waals surface area contributed by atoms with Gasteiger partial charge in [-0.1, -0.05) is 17.7 Å². The molecule has 0 spiro atoms. The molecule has 6 nitrogen and oxygen atoms in total. The van der Waals surface area contributed by atoms with E-state index >= 15 is 0 Å². The number of hydrogen-bond donors (Lipinski definition) is 2. The van der Waals surface area contributed by atoms with Crippen molar-refractivity contribution in [2.45, 2.75) is 51.1 Å². The third-order valence-electron chi connectivity index (χ3n) is 6.41. The number of halogens is 1. The highest BCUT2D eigenvalue weighted by Gasteiger charge is 2.34. The van der Waals surface area contributed by atoms with Crippen molar-refractivity contribution in [2.24, 2.45) is 4.99 Å². The van der Waals surface area contributed by atoms with E-state index in [1.54, 1.807) is 0 Å². The molecule has 2 fully saturated rings. The second-order valence-corrected chi connectivity index (χ2v) is 8.69. The van der Waals surface area contributed by atoms with Crippen LogP contribution >= 0.6 is 24.0 Å². The van der Waals surface area contributed by atoms with Gasteiger partial charge in [-0.05, 0) is 65.8 Å². The average Bonchev–Trinajstić information content (AvgIpc) is 2.73. The standard InChI is InChI=1S/C23H39N5O.HI/c1-5-24-22(25-18-23(27(3)4)12-15-29-16-13-23)26-20-7-6-14-28(17-20)21-10-8-19(2)9-11-21;/h8-11,20H,5-7,12-18H2,1-4H3,(H2,24,25,26);1H. The molecule has 1 aromatic carbocycles. The molecule has 1 atom stereocenters. The van der Waals surface area contributed by atoms with E-state index in [-0.39, 0.29) is 29.5 Å². The van der Waals surface area contributed by atoms with Crippen molar-refractivity contribution in [1.82, 2.24) is 15.5 Å². The maximum absolute atomic E-state index is 5.60. The Morgan fingerprint density at radius 2 is 1.93 bits per heavy atom. The number of piperidine rings is 1.